The first kappa shape index (κ1) is 55.6. The molecular formula is C53H88O6. The summed E-state index contributed by atoms with van der Waals surface area (Å²) in [6.45, 7) is 6.38. The first-order chi connectivity index (χ1) is 29.0. The molecule has 0 rings (SSSR count). The molecule has 0 N–H and O–H groups in total. The number of carbonyl (C=O) groups excluding carboxylic acids is 3. The molecule has 0 fully saturated rings. The molecule has 0 radical (unpaired) electrons. The van der Waals surface area contributed by atoms with E-state index in [1.54, 1.807) is 0 Å². The zero-order chi connectivity index (χ0) is 43.0. The Morgan fingerprint density at radius 3 is 1.07 bits per heavy atom. The molecule has 0 aliphatic carbocycles. The largest absolute Gasteiger partial charge is 0.462 e. The molecule has 0 bridgehead atoms. The lowest BCUT2D eigenvalue weighted by atomic mass is 10.1. The van der Waals surface area contributed by atoms with Gasteiger partial charge >= 0.3 is 17.9 Å². The molecule has 0 saturated carbocycles. The van der Waals surface area contributed by atoms with E-state index in [2.05, 4.69) is 106 Å². The summed E-state index contributed by atoms with van der Waals surface area (Å²) in [4.78, 5) is 37.8. The van der Waals surface area contributed by atoms with E-state index in [4.69, 9.17) is 14.2 Å². The number of carbonyl (C=O) groups is 3. The Kier molecular flexibility index (Phi) is 44.5. The minimum atomic E-state index is -0.796. The second-order valence-corrected chi connectivity index (χ2v) is 15.6. The monoisotopic (exact) mass is 821 g/mol. The van der Waals surface area contributed by atoms with Crippen LogP contribution in [0.3, 0.4) is 0 Å². The number of unbranched alkanes of at least 4 members (excludes halogenated alkanes) is 17. The van der Waals surface area contributed by atoms with E-state index < -0.39 is 6.10 Å². The highest BCUT2D eigenvalue weighted by molar-refractivity contribution is 5.71. The summed E-state index contributed by atoms with van der Waals surface area (Å²) in [7, 11) is 0. The highest BCUT2D eigenvalue weighted by atomic mass is 16.6. The van der Waals surface area contributed by atoms with Gasteiger partial charge in [-0.15, -0.1) is 0 Å². The summed E-state index contributed by atoms with van der Waals surface area (Å²) in [5.41, 5.74) is 0. The van der Waals surface area contributed by atoms with Crippen molar-refractivity contribution in [2.75, 3.05) is 13.2 Å². The van der Waals surface area contributed by atoms with Crippen LogP contribution in [0.25, 0.3) is 0 Å². The Labute approximate surface area is 363 Å². The van der Waals surface area contributed by atoms with Crippen molar-refractivity contribution >= 4 is 17.9 Å². The Morgan fingerprint density at radius 2 is 0.661 bits per heavy atom. The Hall–Kier alpha value is -3.41. The number of rotatable bonds is 42. The van der Waals surface area contributed by atoms with Gasteiger partial charge in [-0.1, -0.05) is 176 Å². The van der Waals surface area contributed by atoms with Gasteiger partial charge in [-0.05, 0) is 103 Å². The van der Waals surface area contributed by atoms with Gasteiger partial charge in [-0.2, -0.15) is 0 Å². The molecule has 1 atom stereocenters. The van der Waals surface area contributed by atoms with Crippen LogP contribution >= 0.6 is 0 Å². The van der Waals surface area contributed by atoms with E-state index in [1.807, 2.05) is 0 Å². The van der Waals surface area contributed by atoms with Crippen molar-refractivity contribution in [1.82, 2.24) is 0 Å². The van der Waals surface area contributed by atoms with E-state index in [-0.39, 0.29) is 31.1 Å². The van der Waals surface area contributed by atoms with E-state index in [1.165, 1.54) is 51.4 Å². The third-order valence-corrected chi connectivity index (χ3v) is 9.85. The lowest BCUT2D eigenvalue weighted by Crippen LogP contribution is -2.30. The molecule has 6 heteroatoms. The van der Waals surface area contributed by atoms with Crippen LogP contribution in [0.4, 0.5) is 0 Å². The molecule has 0 heterocycles. The first-order valence-corrected chi connectivity index (χ1v) is 24.1. The lowest BCUT2D eigenvalue weighted by molar-refractivity contribution is -0.167. The van der Waals surface area contributed by atoms with Gasteiger partial charge in [0.25, 0.3) is 0 Å². The highest BCUT2D eigenvalue weighted by Gasteiger charge is 2.19. The third kappa shape index (κ3) is 45.5. The molecular weight excluding hydrogens is 733 g/mol. The summed E-state index contributed by atoms with van der Waals surface area (Å²) >= 11 is 0. The number of hydrogen-bond acceptors (Lipinski definition) is 6. The standard InChI is InChI=1S/C53H88O6/c1-4-7-10-13-16-19-22-23-24-25-26-27-28-29-32-34-37-40-43-46-52(55)58-49-50(59-53(56)47-44-41-38-35-31-21-18-15-12-9-6-3)48-57-51(54)45-42-39-36-33-30-20-17-14-11-8-5-2/h7,10,14-19,23-24,26-27,29,32,50H,4-6,8-9,11-13,20-22,25,28,30-31,33-49H2,1-3H3/b10-7-,17-14-,18-15-,19-16-,24-23-,27-26-,32-29-. The maximum Gasteiger partial charge on any atom is 0.306 e. The molecule has 0 aliphatic heterocycles. The quantitative estimate of drug-likeness (QED) is 0.0264. The normalized spacial score (nSPS) is 12.8. The van der Waals surface area contributed by atoms with Gasteiger partial charge in [-0.3, -0.25) is 14.4 Å². The fraction of sp³-hybridized carbons (Fsp3) is 0.679. The molecule has 0 aromatic carbocycles. The fourth-order valence-electron chi connectivity index (χ4n) is 6.19. The molecule has 0 saturated heterocycles. The zero-order valence-electron chi connectivity index (χ0n) is 38.2. The first-order valence-electron chi connectivity index (χ1n) is 24.1. The van der Waals surface area contributed by atoms with Crippen molar-refractivity contribution in [1.29, 1.82) is 0 Å². The van der Waals surface area contributed by atoms with E-state index in [0.717, 1.165) is 122 Å². The van der Waals surface area contributed by atoms with Crippen LogP contribution in [-0.4, -0.2) is 37.2 Å². The molecule has 0 amide bonds. The zero-order valence-corrected chi connectivity index (χ0v) is 38.2. The van der Waals surface area contributed by atoms with Gasteiger partial charge in [0.05, 0.1) is 0 Å². The maximum atomic E-state index is 12.7. The van der Waals surface area contributed by atoms with Gasteiger partial charge in [0, 0.05) is 19.3 Å². The predicted molar refractivity (Wildman–Crippen MR) is 251 cm³/mol. The third-order valence-electron chi connectivity index (χ3n) is 9.85. The van der Waals surface area contributed by atoms with Crippen LogP contribution < -0.4 is 0 Å². The Balaban J connectivity index is 4.43. The van der Waals surface area contributed by atoms with Crippen LogP contribution in [0.2, 0.25) is 0 Å². The SMILES string of the molecule is CC/C=C\C/C=C\C/C=C\C/C=C\C/C=C\CCCCCC(=O)OCC(COC(=O)CCCCCCC/C=C\CCCC)OC(=O)CCCCCCC/C=C\CCCC. The smallest absolute Gasteiger partial charge is 0.306 e. The van der Waals surface area contributed by atoms with Crippen LogP contribution in [0.1, 0.15) is 213 Å². The van der Waals surface area contributed by atoms with Crippen LogP contribution in [0, 0.1) is 0 Å². The van der Waals surface area contributed by atoms with Gasteiger partial charge in [0.2, 0.25) is 0 Å². The van der Waals surface area contributed by atoms with Gasteiger partial charge in [-0.25, -0.2) is 0 Å². The van der Waals surface area contributed by atoms with Crippen molar-refractivity contribution in [3.63, 3.8) is 0 Å². The van der Waals surface area contributed by atoms with E-state index >= 15 is 0 Å². The average Bonchev–Trinajstić information content (AvgIpc) is 3.23. The van der Waals surface area contributed by atoms with Gasteiger partial charge in [0.15, 0.2) is 6.10 Å². The molecule has 0 spiro atoms. The summed E-state index contributed by atoms with van der Waals surface area (Å²) < 4.78 is 16.7. The maximum absolute atomic E-state index is 12.7. The lowest BCUT2D eigenvalue weighted by Gasteiger charge is -2.18. The summed E-state index contributed by atoms with van der Waals surface area (Å²) in [5.74, 6) is -0.955. The van der Waals surface area contributed by atoms with Crippen molar-refractivity contribution < 1.29 is 28.6 Å². The topological polar surface area (TPSA) is 78.9 Å². The second-order valence-electron chi connectivity index (χ2n) is 15.6. The fourth-order valence-corrected chi connectivity index (χ4v) is 6.19. The minimum Gasteiger partial charge on any atom is -0.462 e. The van der Waals surface area contributed by atoms with Crippen molar-refractivity contribution in [3.8, 4) is 0 Å². The molecule has 0 aliphatic rings. The van der Waals surface area contributed by atoms with Gasteiger partial charge in [0.1, 0.15) is 13.2 Å². The summed E-state index contributed by atoms with van der Waals surface area (Å²) in [6.07, 6.45) is 59.9. The van der Waals surface area contributed by atoms with Crippen LogP contribution in [0.15, 0.2) is 85.1 Å². The number of hydrogen-bond donors (Lipinski definition) is 0. The average molecular weight is 821 g/mol. The summed E-state index contributed by atoms with van der Waals surface area (Å²) in [6, 6.07) is 0. The minimum absolute atomic E-state index is 0.0960. The summed E-state index contributed by atoms with van der Waals surface area (Å²) in [5, 5.41) is 0. The van der Waals surface area contributed by atoms with E-state index in [0.29, 0.717) is 19.3 Å². The van der Waals surface area contributed by atoms with Crippen molar-refractivity contribution in [3.05, 3.63) is 85.1 Å². The molecule has 6 nitrogen and oxygen atoms in total. The Morgan fingerprint density at radius 1 is 0.356 bits per heavy atom. The number of allylic oxidation sites excluding steroid dienone is 14. The van der Waals surface area contributed by atoms with Crippen LogP contribution in [0.5, 0.6) is 0 Å². The molecule has 0 aromatic rings. The predicted octanol–water partition coefficient (Wildman–Crippen LogP) is 15.6. The molecule has 0 aromatic heterocycles. The molecule has 1 unspecified atom stereocenters. The second kappa shape index (κ2) is 47.3. The highest BCUT2D eigenvalue weighted by Crippen LogP contribution is 2.13. The van der Waals surface area contributed by atoms with Crippen molar-refractivity contribution in [2.24, 2.45) is 0 Å². The molecule has 336 valence electrons. The Bertz CT molecular complexity index is 1170. The number of ether oxygens (including phenoxy) is 3. The molecule has 59 heavy (non-hydrogen) atoms. The van der Waals surface area contributed by atoms with Crippen LogP contribution in [-0.2, 0) is 28.6 Å². The van der Waals surface area contributed by atoms with Gasteiger partial charge < -0.3 is 14.2 Å². The number of esters is 3. The van der Waals surface area contributed by atoms with E-state index in [9.17, 15) is 14.4 Å². The van der Waals surface area contributed by atoms with Crippen molar-refractivity contribution in [2.45, 2.75) is 219 Å².